The number of nitrogens with one attached hydrogen (secondary N) is 2. The highest BCUT2D eigenvalue weighted by atomic mass is 35.5. The van der Waals surface area contributed by atoms with Crippen LogP contribution in [-0.2, 0) is 0 Å². The number of amides is 3. The van der Waals surface area contributed by atoms with Crippen LogP contribution >= 0.6 is 11.6 Å². The zero-order valence-electron chi connectivity index (χ0n) is 21.9. The van der Waals surface area contributed by atoms with Crippen LogP contribution < -0.4 is 16.0 Å². The highest BCUT2D eigenvalue weighted by molar-refractivity contribution is 6.36. The SMILES string of the molecule is C#Cc1cc2c(c(Cl)c1-c1c(C)ccc3[nH]ncc13)OCCN(C(=O)N1CCC(NN)C1C(C)(C)C)C2=O. The quantitative estimate of drug-likeness (QED) is 0.259. The van der Waals surface area contributed by atoms with Crippen LogP contribution in [0.3, 0.4) is 0 Å². The first-order valence-corrected chi connectivity index (χ1v) is 12.9. The van der Waals surface area contributed by atoms with Crippen molar-refractivity contribution in [3.8, 4) is 29.2 Å². The number of ether oxygens (including phenoxy) is 1. The molecule has 1 aromatic heterocycles. The number of likely N-dealkylation sites (tertiary alicyclic amines) is 1. The fourth-order valence-corrected chi connectivity index (χ4v) is 6.18. The van der Waals surface area contributed by atoms with Crippen molar-refractivity contribution in [3.63, 3.8) is 0 Å². The van der Waals surface area contributed by atoms with Crippen LogP contribution in [0.25, 0.3) is 22.0 Å². The second kappa shape index (κ2) is 9.62. The summed E-state index contributed by atoms with van der Waals surface area (Å²) in [5.74, 6) is 8.21. The van der Waals surface area contributed by atoms with Crippen molar-refractivity contribution in [2.24, 2.45) is 11.3 Å². The third-order valence-corrected chi connectivity index (χ3v) is 7.83. The summed E-state index contributed by atoms with van der Waals surface area (Å²) < 4.78 is 6.03. The number of hydrogen-bond donors (Lipinski definition) is 3. The van der Waals surface area contributed by atoms with E-state index in [0.717, 1.165) is 22.0 Å². The first kappa shape index (κ1) is 26.0. The number of carbonyl (C=O) groups is 2. The van der Waals surface area contributed by atoms with Gasteiger partial charge in [0.05, 0.1) is 34.9 Å². The largest absolute Gasteiger partial charge is 0.489 e. The lowest BCUT2D eigenvalue weighted by molar-refractivity contribution is 0.0694. The third kappa shape index (κ3) is 4.09. The number of benzene rings is 2. The van der Waals surface area contributed by atoms with Crippen LogP contribution in [0.15, 0.2) is 24.4 Å². The number of aryl methyl sites for hydroxylation is 1. The Morgan fingerprint density at radius 3 is 2.76 bits per heavy atom. The number of nitrogens with two attached hydrogens (primary N) is 1. The molecule has 3 aromatic rings. The number of urea groups is 1. The van der Waals surface area contributed by atoms with Crippen molar-refractivity contribution in [2.45, 2.75) is 46.2 Å². The average molecular weight is 535 g/mol. The molecule has 4 N–H and O–H groups in total. The van der Waals surface area contributed by atoms with E-state index in [1.807, 2.05) is 19.1 Å². The Balaban J connectivity index is 1.59. The van der Waals surface area contributed by atoms with Gasteiger partial charge in [-0.2, -0.15) is 5.10 Å². The summed E-state index contributed by atoms with van der Waals surface area (Å²) in [5, 5.41) is 8.22. The van der Waals surface area contributed by atoms with Gasteiger partial charge in [-0.1, -0.05) is 44.4 Å². The molecule has 2 aromatic carbocycles. The lowest BCUT2D eigenvalue weighted by atomic mass is 9.83. The maximum Gasteiger partial charge on any atom is 0.327 e. The van der Waals surface area contributed by atoms with Crippen LogP contribution in [0.4, 0.5) is 4.79 Å². The monoisotopic (exact) mass is 534 g/mol. The normalized spacial score (nSPS) is 19.8. The van der Waals surface area contributed by atoms with Gasteiger partial charge in [-0.15, -0.1) is 6.42 Å². The van der Waals surface area contributed by atoms with Gasteiger partial charge >= 0.3 is 6.03 Å². The molecule has 38 heavy (non-hydrogen) atoms. The van der Waals surface area contributed by atoms with Crippen molar-refractivity contribution in [1.29, 1.82) is 0 Å². The molecule has 5 rings (SSSR count). The first-order valence-electron chi connectivity index (χ1n) is 12.6. The average Bonchev–Trinajstić information content (AvgIpc) is 3.50. The zero-order chi connectivity index (χ0) is 27.4. The summed E-state index contributed by atoms with van der Waals surface area (Å²) in [6.45, 7) is 8.78. The van der Waals surface area contributed by atoms with E-state index >= 15 is 0 Å². The summed E-state index contributed by atoms with van der Waals surface area (Å²) in [7, 11) is 0. The number of nitrogens with zero attached hydrogens (tertiary/aromatic N) is 3. The Kier molecular flexibility index (Phi) is 6.59. The summed E-state index contributed by atoms with van der Waals surface area (Å²) in [6, 6.07) is 4.83. The Morgan fingerprint density at radius 1 is 1.32 bits per heavy atom. The number of hydrogen-bond acceptors (Lipinski definition) is 6. The van der Waals surface area contributed by atoms with Gasteiger partial charge in [-0.3, -0.25) is 26.1 Å². The van der Waals surface area contributed by atoms with E-state index in [1.165, 1.54) is 4.90 Å². The molecule has 0 aliphatic carbocycles. The fraction of sp³-hybridized carbons (Fsp3) is 0.393. The van der Waals surface area contributed by atoms with Crippen LogP contribution in [0.5, 0.6) is 5.75 Å². The van der Waals surface area contributed by atoms with Gasteiger partial charge in [-0.05, 0) is 42.0 Å². The van der Waals surface area contributed by atoms with Crippen molar-refractivity contribution < 1.29 is 14.3 Å². The van der Waals surface area contributed by atoms with Crippen molar-refractivity contribution in [3.05, 3.63) is 46.1 Å². The standard InChI is InChI=1S/C28H31ClN6O3/c1-6-16-13-17-24(23(29)22(16)21-15(2)7-8-19-18(21)14-31-33-19)38-12-11-35(26(17)36)27(37)34-10-9-20(32-30)25(34)28(3,4)5/h1,7-8,13-14,20,25,32H,9-12,30H2,2-5H3,(H,31,33). The lowest BCUT2D eigenvalue weighted by Crippen LogP contribution is -2.57. The van der Waals surface area contributed by atoms with Gasteiger partial charge in [0.2, 0.25) is 0 Å². The second-order valence-electron chi connectivity index (χ2n) is 10.9. The Bertz CT molecular complexity index is 1480. The minimum Gasteiger partial charge on any atom is -0.489 e. The summed E-state index contributed by atoms with van der Waals surface area (Å²) >= 11 is 6.96. The molecule has 1 fully saturated rings. The first-order chi connectivity index (χ1) is 18.1. The van der Waals surface area contributed by atoms with E-state index in [0.29, 0.717) is 24.1 Å². The number of terminal acetylenes is 1. The van der Waals surface area contributed by atoms with Gasteiger partial charge in [0.1, 0.15) is 6.61 Å². The highest BCUT2D eigenvalue weighted by Crippen LogP contribution is 2.45. The van der Waals surface area contributed by atoms with Gasteiger partial charge in [-0.25, -0.2) is 4.79 Å². The van der Waals surface area contributed by atoms with E-state index in [1.54, 1.807) is 17.2 Å². The number of carbonyl (C=O) groups excluding carboxylic acids is 2. The number of rotatable bonds is 2. The number of aromatic amines is 1. The predicted molar refractivity (Wildman–Crippen MR) is 147 cm³/mol. The summed E-state index contributed by atoms with van der Waals surface area (Å²) in [5.41, 5.74) is 6.35. The van der Waals surface area contributed by atoms with Gasteiger partial charge in [0.15, 0.2) is 5.75 Å². The Hall–Kier alpha value is -3.58. The van der Waals surface area contributed by atoms with E-state index in [2.05, 4.69) is 42.3 Å². The van der Waals surface area contributed by atoms with Crippen LogP contribution in [-0.4, -0.2) is 63.7 Å². The molecule has 3 heterocycles. The van der Waals surface area contributed by atoms with Crippen LogP contribution in [0.1, 0.15) is 48.7 Å². The molecular formula is C28H31ClN6O3. The van der Waals surface area contributed by atoms with E-state index in [-0.39, 0.29) is 53.0 Å². The molecule has 0 saturated carbocycles. The number of fused-ring (bicyclic) bond motifs is 2. The van der Waals surface area contributed by atoms with E-state index < -0.39 is 5.91 Å². The maximum absolute atomic E-state index is 13.9. The smallest absolute Gasteiger partial charge is 0.327 e. The molecular weight excluding hydrogens is 504 g/mol. The number of halogens is 1. The van der Waals surface area contributed by atoms with Gasteiger partial charge in [0.25, 0.3) is 5.91 Å². The molecule has 2 aliphatic heterocycles. The molecule has 198 valence electrons. The molecule has 10 heteroatoms. The number of hydrazine groups is 1. The van der Waals surface area contributed by atoms with E-state index in [9.17, 15) is 9.59 Å². The maximum atomic E-state index is 13.9. The molecule has 9 nitrogen and oxygen atoms in total. The molecule has 0 spiro atoms. The topological polar surface area (TPSA) is 117 Å². The molecule has 3 amide bonds. The summed E-state index contributed by atoms with van der Waals surface area (Å²) in [6.07, 6.45) is 8.35. The van der Waals surface area contributed by atoms with Crippen LogP contribution in [0, 0.1) is 24.7 Å². The molecule has 2 atom stereocenters. The number of H-pyrrole nitrogens is 1. The number of aromatic nitrogens is 2. The zero-order valence-corrected chi connectivity index (χ0v) is 22.6. The molecule has 2 unspecified atom stereocenters. The minimum absolute atomic E-state index is 0.0772. The van der Waals surface area contributed by atoms with E-state index in [4.69, 9.17) is 28.6 Å². The van der Waals surface area contributed by atoms with Crippen molar-refractivity contribution in [1.82, 2.24) is 25.4 Å². The van der Waals surface area contributed by atoms with Crippen molar-refractivity contribution >= 4 is 34.4 Å². The molecule has 0 radical (unpaired) electrons. The fourth-order valence-electron chi connectivity index (χ4n) is 5.82. The number of imide groups is 1. The highest BCUT2D eigenvalue weighted by Gasteiger charge is 2.46. The van der Waals surface area contributed by atoms with Crippen molar-refractivity contribution in [2.75, 3.05) is 19.7 Å². The Labute approximate surface area is 226 Å². The van der Waals surface area contributed by atoms with Crippen LogP contribution in [0.2, 0.25) is 5.02 Å². The van der Waals surface area contributed by atoms with Gasteiger partial charge in [0, 0.05) is 29.1 Å². The Morgan fingerprint density at radius 2 is 2.08 bits per heavy atom. The molecule has 2 aliphatic rings. The predicted octanol–water partition coefficient (Wildman–Crippen LogP) is 4.08. The summed E-state index contributed by atoms with van der Waals surface area (Å²) in [4.78, 5) is 30.6. The van der Waals surface area contributed by atoms with Gasteiger partial charge < -0.3 is 9.64 Å². The third-order valence-electron chi connectivity index (χ3n) is 7.47. The molecule has 1 saturated heterocycles. The second-order valence-corrected chi connectivity index (χ2v) is 11.3. The molecule has 0 bridgehead atoms. The minimum atomic E-state index is -0.498. The lowest BCUT2D eigenvalue weighted by Gasteiger charge is -2.39.